The molecule has 0 spiro atoms. The Morgan fingerprint density at radius 1 is 1.43 bits per heavy atom. The predicted molar refractivity (Wildman–Crippen MR) is 82.9 cm³/mol. The van der Waals surface area contributed by atoms with Crippen molar-refractivity contribution in [1.29, 1.82) is 0 Å². The molecule has 110 valence electrons. The Bertz CT molecular complexity index is 686. The Balaban J connectivity index is 1.90. The maximum Gasteiger partial charge on any atom is 0.407 e. The summed E-state index contributed by atoms with van der Waals surface area (Å²) in [5.41, 5.74) is 3.26. The molecule has 5 nitrogen and oxygen atoms in total. The summed E-state index contributed by atoms with van der Waals surface area (Å²) in [6, 6.07) is 8.30. The number of amides is 1. The Morgan fingerprint density at radius 2 is 2.19 bits per heavy atom. The van der Waals surface area contributed by atoms with Crippen LogP contribution in [0, 0.1) is 6.92 Å². The van der Waals surface area contributed by atoms with Crippen molar-refractivity contribution in [2.45, 2.75) is 19.4 Å². The molecule has 21 heavy (non-hydrogen) atoms. The number of likely N-dealkylation sites (N-methyl/N-ethyl adjacent to an activating group) is 1. The summed E-state index contributed by atoms with van der Waals surface area (Å²) in [6.45, 7) is 3.25. The monoisotopic (exact) mass is 285 g/mol. The molecule has 1 N–H and O–H groups in total. The fourth-order valence-electron chi connectivity index (χ4n) is 3.05. The van der Waals surface area contributed by atoms with E-state index >= 15 is 0 Å². The number of hydrogen-bond acceptors (Lipinski definition) is 3. The highest BCUT2D eigenvalue weighted by atomic mass is 16.4. The van der Waals surface area contributed by atoms with E-state index < -0.39 is 6.09 Å². The molecule has 0 bridgehead atoms. The van der Waals surface area contributed by atoms with Gasteiger partial charge in [-0.2, -0.15) is 0 Å². The van der Waals surface area contributed by atoms with Crippen molar-refractivity contribution in [1.82, 2.24) is 9.88 Å². The number of carboxylic acid groups (broad SMARTS) is 1. The third-order valence-corrected chi connectivity index (χ3v) is 4.38. The largest absolute Gasteiger partial charge is 0.465 e. The third kappa shape index (κ3) is 2.39. The number of anilines is 1. The molecule has 1 aliphatic rings. The summed E-state index contributed by atoms with van der Waals surface area (Å²) >= 11 is 0. The first-order chi connectivity index (χ1) is 10.1. The molecule has 0 aliphatic carbocycles. The summed E-state index contributed by atoms with van der Waals surface area (Å²) in [4.78, 5) is 19.2. The van der Waals surface area contributed by atoms with Gasteiger partial charge in [-0.3, -0.25) is 4.98 Å². The highest BCUT2D eigenvalue weighted by Gasteiger charge is 2.29. The molecule has 0 unspecified atom stereocenters. The van der Waals surface area contributed by atoms with Gasteiger partial charge in [-0.1, -0.05) is 18.2 Å². The van der Waals surface area contributed by atoms with Crippen LogP contribution in [0.2, 0.25) is 0 Å². The van der Waals surface area contributed by atoms with Crippen LogP contribution in [0.5, 0.6) is 0 Å². The number of rotatable bonds is 2. The van der Waals surface area contributed by atoms with Crippen molar-refractivity contribution in [3.8, 4) is 0 Å². The minimum atomic E-state index is -0.834. The lowest BCUT2D eigenvalue weighted by Crippen LogP contribution is -2.36. The van der Waals surface area contributed by atoms with Crippen LogP contribution in [0.15, 0.2) is 30.5 Å². The molecule has 1 amide bonds. The van der Waals surface area contributed by atoms with Gasteiger partial charge in [0.15, 0.2) is 0 Å². The second-order valence-electron chi connectivity index (χ2n) is 5.57. The zero-order chi connectivity index (χ0) is 15.0. The van der Waals surface area contributed by atoms with Crippen LogP contribution in [0.4, 0.5) is 10.5 Å². The number of para-hydroxylation sites is 1. The fourth-order valence-corrected chi connectivity index (χ4v) is 3.05. The lowest BCUT2D eigenvalue weighted by molar-refractivity contribution is 0.155. The normalized spacial score (nSPS) is 18.2. The summed E-state index contributed by atoms with van der Waals surface area (Å²) in [5, 5.41) is 10.2. The van der Waals surface area contributed by atoms with Crippen molar-refractivity contribution >= 4 is 22.7 Å². The molecule has 1 aromatic carbocycles. The van der Waals surface area contributed by atoms with Crippen LogP contribution in [0.3, 0.4) is 0 Å². The minimum absolute atomic E-state index is 0.211. The van der Waals surface area contributed by atoms with E-state index in [9.17, 15) is 4.79 Å². The lowest BCUT2D eigenvalue weighted by Gasteiger charge is -2.28. The standard InChI is InChI=1S/C16H19N3O2/c1-11-13-5-3-4-6-14(13)17-9-15(11)18(2)12-7-8-19(10-12)16(20)21/h3-6,9,12H,7-8,10H2,1-2H3,(H,20,21)/t12-/m0/s1. The Labute approximate surface area is 123 Å². The van der Waals surface area contributed by atoms with Crippen molar-refractivity contribution in [3.63, 3.8) is 0 Å². The number of nitrogens with zero attached hydrogens (tertiary/aromatic N) is 3. The number of carbonyl (C=O) groups is 1. The number of benzene rings is 1. The van der Waals surface area contributed by atoms with E-state index in [0.717, 1.165) is 23.0 Å². The Morgan fingerprint density at radius 3 is 2.90 bits per heavy atom. The minimum Gasteiger partial charge on any atom is -0.465 e. The topological polar surface area (TPSA) is 56.7 Å². The molecule has 1 aliphatic heterocycles. The van der Waals surface area contributed by atoms with Crippen LogP contribution in [0.25, 0.3) is 10.9 Å². The number of aromatic nitrogens is 1. The van der Waals surface area contributed by atoms with Crippen LogP contribution in [-0.4, -0.2) is 47.3 Å². The fraction of sp³-hybridized carbons (Fsp3) is 0.375. The molecule has 0 radical (unpaired) electrons. The number of aryl methyl sites for hydroxylation is 1. The van der Waals surface area contributed by atoms with E-state index in [4.69, 9.17) is 5.11 Å². The molecular formula is C16H19N3O2. The number of hydrogen-bond donors (Lipinski definition) is 1. The number of fused-ring (bicyclic) bond motifs is 1. The first kappa shape index (κ1) is 13.7. The molecule has 0 saturated carbocycles. The van der Waals surface area contributed by atoms with Crippen LogP contribution >= 0.6 is 0 Å². The molecular weight excluding hydrogens is 266 g/mol. The molecule has 2 aromatic rings. The summed E-state index contributed by atoms with van der Waals surface area (Å²) in [6.07, 6.45) is 1.91. The molecule has 1 fully saturated rings. The van der Waals surface area contributed by atoms with Gasteiger partial charge in [-0.05, 0) is 25.0 Å². The van der Waals surface area contributed by atoms with Crippen molar-refractivity contribution < 1.29 is 9.90 Å². The van der Waals surface area contributed by atoms with E-state index in [1.165, 1.54) is 10.5 Å². The van der Waals surface area contributed by atoms with E-state index in [2.05, 4.69) is 22.9 Å². The molecule has 1 atom stereocenters. The molecule has 5 heteroatoms. The summed E-state index contributed by atoms with van der Waals surface area (Å²) < 4.78 is 0. The zero-order valence-electron chi connectivity index (χ0n) is 12.3. The van der Waals surface area contributed by atoms with E-state index in [1.54, 1.807) is 0 Å². The SMILES string of the molecule is Cc1c(N(C)[C@H]2CCN(C(=O)O)C2)cnc2ccccc12. The van der Waals surface area contributed by atoms with Crippen LogP contribution < -0.4 is 4.90 Å². The summed E-state index contributed by atoms with van der Waals surface area (Å²) in [7, 11) is 2.02. The first-order valence-corrected chi connectivity index (χ1v) is 7.13. The van der Waals surface area contributed by atoms with Crippen molar-refractivity contribution in [2.75, 3.05) is 25.0 Å². The number of pyridine rings is 1. The average molecular weight is 285 g/mol. The van der Waals surface area contributed by atoms with Gasteiger partial charge < -0.3 is 14.9 Å². The third-order valence-electron chi connectivity index (χ3n) is 4.38. The quantitative estimate of drug-likeness (QED) is 0.921. The average Bonchev–Trinajstić information content (AvgIpc) is 2.97. The lowest BCUT2D eigenvalue weighted by atomic mass is 10.1. The van der Waals surface area contributed by atoms with Gasteiger partial charge in [-0.15, -0.1) is 0 Å². The Hall–Kier alpha value is -2.30. The predicted octanol–water partition coefficient (Wildman–Crippen LogP) is 2.73. The van der Waals surface area contributed by atoms with Gasteiger partial charge >= 0.3 is 6.09 Å². The smallest absolute Gasteiger partial charge is 0.407 e. The second-order valence-corrected chi connectivity index (χ2v) is 5.57. The molecule has 3 rings (SSSR count). The Kier molecular flexibility index (Phi) is 3.41. The molecule has 2 heterocycles. The van der Waals surface area contributed by atoms with E-state index in [1.807, 2.05) is 31.4 Å². The number of likely N-dealkylation sites (tertiary alicyclic amines) is 1. The zero-order valence-corrected chi connectivity index (χ0v) is 12.3. The van der Waals surface area contributed by atoms with Crippen molar-refractivity contribution in [2.24, 2.45) is 0 Å². The van der Waals surface area contributed by atoms with Gasteiger partial charge in [-0.25, -0.2) is 4.79 Å². The van der Waals surface area contributed by atoms with Gasteiger partial charge in [0.05, 0.1) is 17.4 Å². The van der Waals surface area contributed by atoms with E-state index in [-0.39, 0.29) is 6.04 Å². The van der Waals surface area contributed by atoms with Gasteiger partial charge in [0.1, 0.15) is 0 Å². The first-order valence-electron chi connectivity index (χ1n) is 7.13. The summed E-state index contributed by atoms with van der Waals surface area (Å²) in [5.74, 6) is 0. The maximum atomic E-state index is 11.0. The van der Waals surface area contributed by atoms with Crippen LogP contribution in [0.1, 0.15) is 12.0 Å². The molecule has 1 saturated heterocycles. The highest BCUT2D eigenvalue weighted by Crippen LogP contribution is 2.28. The van der Waals surface area contributed by atoms with Crippen LogP contribution in [-0.2, 0) is 0 Å². The maximum absolute atomic E-state index is 11.0. The van der Waals surface area contributed by atoms with Gasteiger partial charge in [0.2, 0.25) is 0 Å². The van der Waals surface area contributed by atoms with Crippen molar-refractivity contribution in [3.05, 3.63) is 36.0 Å². The van der Waals surface area contributed by atoms with Gasteiger partial charge in [0, 0.05) is 31.6 Å². The highest BCUT2D eigenvalue weighted by molar-refractivity contribution is 5.86. The van der Waals surface area contributed by atoms with E-state index in [0.29, 0.717) is 13.1 Å². The molecule has 1 aromatic heterocycles. The second kappa shape index (κ2) is 5.24. The van der Waals surface area contributed by atoms with Gasteiger partial charge in [0.25, 0.3) is 0 Å².